The minimum Gasteiger partial charge on any atom is -0.466 e. The van der Waals surface area contributed by atoms with Gasteiger partial charge in [-0.25, -0.2) is 4.79 Å². The first-order valence-corrected chi connectivity index (χ1v) is 7.32. The van der Waals surface area contributed by atoms with E-state index in [1.165, 1.54) is 0 Å². The fraction of sp³-hybridized carbons (Fsp3) is 0.857. The van der Waals surface area contributed by atoms with Crippen molar-refractivity contribution in [1.29, 1.82) is 0 Å². The van der Waals surface area contributed by atoms with Gasteiger partial charge >= 0.3 is 12.1 Å². The van der Waals surface area contributed by atoms with Crippen LogP contribution >= 0.6 is 0 Å². The van der Waals surface area contributed by atoms with Crippen LogP contribution in [-0.2, 0) is 14.3 Å². The molecule has 1 amide bonds. The Labute approximate surface area is 132 Å². The fourth-order valence-corrected chi connectivity index (χ4v) is 2.19. The third-order valence-electron chi connectivity index (χ3n) is 2.96. The molecule has 0 bridgehead atoms. The lowest BCUT2D eigenvalue weighted by atomic mass is 10.00. The van der Waals surface area contributed by atoms with Gasteiger partial charge < -0.3 is 19.8 Å². The monoisotopic (exact) mass is 321 g/mol. The zero-order chi connectivity index (χ0) is 16.5. The largest absolute Gasteiger partial charge is 0.466 e. The van der Waals surface area contributed by atoms with Gasteiger partial charge in [-0.3, -0.25) is 16.5 Å². The molecule has 0 aliphatic carbocycles. The first-order chi connectivity index (χ1) is 9.83. The molecule has 0 spiro atoms. The fourth-order valence-electron chi connectivity index (χ4n) is 2.19. The van der Waals surface area contributed by atoms with E-state index in [1.807, 2.05) is 20.8 Å². The maximum atomic E-state index is 12.1. The van der Waals surface area contributed by atoms with Crippen LogP contribution < -0.4 is 11.7 Å². The second kappa shape index (κ2) is 11.2. The van der Waals surface area contributed by atoms with Crippen molar-refractivity contribution in [2.45, 2.75) is 65.0 Å². The third-order valence-corrected chi connectivity index (χ3v) is 2.96. The number of hydrogen-bond donors (Lipinski definition) is 2. The highest BCUT2D eigenvalue weighted by Gasteiger charge is 2.31. The molecule has 0 aromatic rings. The van der Waals surface area contributed by atoms with Crippen LogP contribution in [0, 0.1) is 0 Å². The van der Waals surface area contributed by atoms with Crippen LogP contribution in [0.1, 0.15) is 53.4 Å². The number of carbonyl (C=O) groups excluding carboxylic acids is 2. The molecule has 1 rings (SSSR count). The van der Waals surface area contributed by atoms with E-state index in [2.05, 4.69) is 11.7 Å². The molecule has 0 aromatic carbocycles. The van der Waals surface area contributed by atoms with Crippen molar-refractivity contribution in [1.82, 2.24) is 4.90 Å². The summed E-state index contributed by atoms with van der Waals surface area (Å²) < 4.78 is 10.3. The van der Waals surface area contributed by atoms with Crippen LogP contribution in [0.15, 0.2) is 0 Å². The number of hydrazine groups is 1. The third kappa shape index (κ3) is 8.81. The highest BCUT2D eigenvalue weighted by molar-refractivity contribution is 5.73. The van der Waals surface area contributed by atoms with E-state index in [-0.39, 0.29) is 30.0 Å². The highest BCUT2D eigenvalue weighted by atomic mass is 16.6. The molecule has 1 saturated heterocycles. The van der Waals surface area contributed by atoms with Gasteiger partial charge in [0.1, 0.15) is 5.60 Å². The summed E-state index contributed by atoms with van der Waals surface area (Å²) in [5.74, 6) is 7.75. The molecule has 0 saturated carbocycles. The van der Waals surface area contributed by atoms with Crippen molar-refractivity contribution in [2.24, 2.45) is 11.7 Å². The van der Waals surface area contributed by atoms with Crippen LogP contribution in [0.5, 0.6) is 0 Å². The van der Waals surface area contributed by atoms with Gasteiger partial charge in [-0.15, -0.1) is 0 Å². The molecular weight excluding hydrogens is 290 g/mol. The van der Waals surface area contributed by atoms with Crippen molar-refractivity contribution >= 4 is 12.1 Å². The second-order valence-corrected chi connectivity index (χ2v) is 5.83. The Morgan fingerprint density at radius 3 is 2.32 bits per heavy atom. The van der Waals surface area contributed by atoms with E-state index in [9.17, 15) is 9.59 Å². The van der Waals surface area contributed by atoms with E-state index < -0.39 is 5.60 Å². The Balaban J connectivity index is 0. The first-order valence-electron chi connectivity index (χ1n) is 7.32. The van der Waals surface area contributed by atoms with E-state index in [4.69, 9.17) is 9.47 Å². The summed E-state index contributed by atoms with van der Waals surface area (Å²) in [6, 6.07) is -0.0948. The van der Waals surface area contributed by atoms with E-state index in [0.717, 1.165) is 19.3 Å². The van der Waals surface area contributed by atoms with Crippen molar-refractivity contribution in [3.8, 4) is 0 Å². The average molecular weight is 321 g/mol. The summed E-state index contributed by atoms with van der Waals surface area (Å²) in [6.07, 6.45) is 2.74. The van der Waals surface area contributed by atoms with Crippen molar-refractivity contribution in [3.05, 3.63) is 0 Å². The van der Waals surface area contributed by atoms with Crippen LogP contribution in [0.25, 0.3) is 0 Å². The molecule has 1 aliphatic heterocycles. The lowest BCUT2D eigenvalue weighted by Crippen LogP contribution is -2.47. The number of nitrogens with two attached hydrogens (primary N) is 2. The van der Waals surface area contributed by atoms with Crippen LogP contribution in [0.4, 0.5) is 4.79 Å². The Morgan fingerprint density at radius 1 is 1.23 bits per heavy atom. The van der Waals surface area contributed by atoms with Crippen molar-refractivity contribution in [2.75, 3.05) is 13.2 Å². The van der Waals surface area contributed by atoms with Gasteiger partial charge in [0.15, 0.2) is 0 Å². The summed E-state index contributed by atoms with van der Waals surface area (Å²) in [6.45, 7) is 8.33. The molecule has 132 valence electrons. The zero-order valence-electron chi connectivity index (χ0n) is 14.1. The Hall–Kier alpha value is -1.38. The number of carbonyl (C=O) groups is 2. The standard InChI is InChI=1S/C14H25NO4.H4N2.H2O/c1-5-18-12(16)10-11-8-6-7-9-15(11)13(17)19-14(2,3)4;1-2;/h11H,5-10H2,1-4H3;1-2H2;1H2. The van der Waals surface area contributed by atoms with Crippen molar-refractivity contribution in [3.63, 3.8) is 0 Å². The minimum atomic E-state index is -0.511. The zero-order valence-corrected chi connectivity index (χ0v) is 14.1. The number of hydrogen-bond acceptors (Lipinski definition) is 6. The van der Waals surface area contributed by atoms with E-state index in [1.54, 1.807) is 11.8 Å². The Bertz CT molecular complexity index is 331. The number of piperidine rings is 1. The molecule has 1 aliphatic rings. The summed E-state index contributed by atoms with van der Waals surface area (Å²) >= 11 is 0. The van der Waals surface area contributed by atoms with Crippen molar-refractivity contribution < 1.29 is 24.5 Å². The van der Waals surface area contributed by atoms with Gasteiger partial charge in [0.2, 0.25) is 0 Å². The molecule has 8 heteroatoms. The highest BCUT2D eigenvalue weighted by Crippen LogP contribution is 2.22. The van der Waals surface area contributed by atoms with Gasteiger partial charge in [-0.1, -0.05) is 0 Å². The quantitative estimate of drug-likeness (QED) is 0.446. The second-order valence-electron chi connectivity index (χ2n) is 5.83. The van der Waals surface area contributed by atoms with E-state index in [0.29, 0.717) is 13.2 Å². The number of ether oxygens (including phenoxy) is 2. The molecule has 8 nitrogen and oxygen atoms in total. The van der Waals surface area contributed by atoms with Gasteiger partial charge in [-0.2, -0.15) is 0 Å². The maximum Gasteiger partial charge on any atom is 0.410 e. The molecule has 1 heterocycles. The molecule has 1 fully saturated rings. The Kier molecular flexibility index (Phi) is 11.7. The van der Waals surface area contributed by atoms with Gasteiger partial charge in [-0.05, 0) is 47.0 Å². The molecule has 0 aromatic heterocycles. The van der Waals surface area contributed by atoms with Crippen LogP contribution in [0.2, 0.25) is 0 Å². The number of amides is 1. The minimum absolute atomic E-state index is 0. The number of esters is 1. The maximum absolute atomic E-state index is 12.1. The number of likely N-dealkylation sites (tertiary alicyclic amines) is 1. The van der Waals surface area contributed by atoms with Crippen LogP contribution in [0.3, 0.4) is 0 Å². The lowest BCUT2D eigenvalue weighted by molar-refractivity contribution is -0.144. The van der Waals surface area contributed by atoms with Crippen LogP contribution in [-0.4, -0.2) is 47.2 Å². The molecule has 6 N–H and O–H groups in total. The van der Waals surface area contributed by atoms with Gasteiger partial charge in [0.25, 0.3) is 0 Å². The topological polar surface area (TPSA) is 139 Å². The smallest absolute Gasteiger partial charge is 0.410 e. The van der Waals surface area contributed by atoms with Gasteiger partial charge in [0, 0.05) is 12.6 Å². The first kappa shape index (κ1) is 22.9. The SMILES string of the molecule is CCOC(=O)CC1CCCCN1C(=O)OC(C)(C)C.NN.O. The Morgan fingerprint density at radius 2 is 1.82 bits per heavy atom. The molecule has 1 atom stereocenters. The predicted molar refractivity (Wildman–Crippen MR) is 83.8 cm³/mol. The normalized spacial score (nSPS) is 17.5. The van der Waals surface area contributed by atoms with E-state index >= 15 is 0 Å². The molecular formula is C14H31N3O5. The lowest BCUT2D eigenvalue weighted by Gasteiger charge is -2.36. The molecule has 0 radical (unpaired) electrons. The number of nitrogens with zero attached hydrogens (tertiary/aromatic N) is 1. The molecule has 22 heavy (non-hydrogen) atoms. The average Bonchev–Trinajstić information content (AvgIpc) is 2.40. The van der Waals surface area contributed by atoms with Gasteiger partial charge in [0.05, 0.1) is 13.0 Å². The summed E-state index contributed by atoms with van der Waals surface area (Å²) in [5.41, 5.74) is -0.511. The molecule has 1 unspecified atom stereocenters. The summed E-state index contributed by atoms with van der Waals surface area (Å²) in [4.78, 5) is 25.4. The summed E-state index contributed by atoms with van der Waals surface area (Å²) in [5, 5.41) is 0. The predicted octanol–water partition coefficient (Wildman–Crippen LogP) is 0.723. The number of rotatable bonds is 3. The summed E-state index contributed by atoms with van der Waals surface area (Å²) in [7, 11) is 0.